The van der Waals surface area contributed by atoms with E-state index in [2.05, 4.69) is 47.9 Å². The summed E-state index contributed by atoms with van der Waals surface area (Å²) in [7, 11) is 0. The van der Waals surface area contributed by atoms with Crippen LogP contribution in [0.1, 0.15) is 109 Å². The molecule has 0 bridgehead atoms. The molecule has 1 N–H and O–H groups in total. The topological polar surface area (TPSA) is 50.7 Å². The molecule has 4 nitrogen and oxygen atoms in total. The number of hydrogen-bond donors (Lipinski definition) is 1. The van der Waals surface area contributed by atoms with Crippen LogP contribution >= 0.6 is 0 Å². The molecule has 1 aromatic rings. The number of aliphatic imine (C=N–C) groups is 1. The van der Waals surface area contributed by atoms with Crippen LogP contribution in [0.4, 0.5) is 0 Å². The van der Waals surface area contributed by atoms with Crippen molar-refractivity contribution in [2.45, 2.75) is 115 Å². The molecule has 4 heteroatoms. The van der Waals surface area contributed by atoms with Crippen molar-refractivity contribution >= 4 is 12.5 Å². The lowest BCUT2D eigenvalue weighted by molar-refractivity contribution is -0.117. The normalized spacial score (nSPS) is 19.1. The van der Waals surface area contributed by atoms with Crippen molar-refractivity contribution in [2.24, 2.45) is 4.99 Å². The van der Waals surface area contributed by atoms with Gasteiger partial charge in [0.05, 0.1) is 18.2 Å². The second kappa shape index (κ2) is 15.7. The Balaban J connectivity index is 1.40. The van der Waals surface area contributed by atoms with Gasteiger partial charge in [0.15, 0.2) is 0 Å². The molecule has 1 fully saturated rings. The number of ketones is 1. The Morgan fingerprint density at radius 3 is 1.94 bits per heavy atom. The van der Waals surface area contributed by atoms with Gasteiger partial charge in [0, 0.05) is 12.8 Å². The molecule has 0 spiro atoms. The van der Waals surface area contributed by atoms with Crippen LogP contribution in [0.25, 0.3) is 0 Å². The maximum atomic E-state index is 10.9. The molecule has 1 aliphatic rings. The summed E-state index contributed by atoms with van der Waals surface area (Å²) in [6.07, 6.45) is 20.3. The van der Waals surface area contributed by atoms with E-state index in [9.17, 15) is 4.79 Å². The summed E-state index contributed by atoms with van der Waals surface area (Å²) in [5.74, 6) is 1.27. The first kappa shape index (κ1) is 27.1. The fraction of sp³-hybridized carbons (Fsp3) is 0.655. The van der Waals surface area contributed by atoms with E-state index in [1.54, 1.807) is 13.1 Å². The number of rotatable bonds is 21. The minimum atomic E-state index is -0.126. The van der Waals surface area contributed by atoms with Crippen LogP contribution in [0, 0.1) is 0 Å². The number of nitrogens with one attached hydrogen (secondary N) is 1. The number of ether oxygens (including phenoxy) is 1. The molecule has 0 aliphatic heterocycles. The molecule has 0 radical (unpaired) electrons. The Hall–Kier alpha value is -2.10. The molecule has 184 valence electrons. The summed E-state index contributed by atoms with van der Waals surface area (Å²) in [6, 6.07) is 8.60. The van der Waals surface area contributed by atoms with E-state index in [1.165, 1.54) is 76.2 Å². The van der Waals surface area contributed by atoms with E-state index in [0.717, 1.165) is 38.0 Å². The maximum Gasteiger partial charge on any atom is 0.129 e. The predicted molar refractivity (Wildman–Crippen MR) is 140 cm³/mol. The fourth-order valence-corrected chi connectivity index (χ4v) is 4.66. The highest BCUT2D eigenvalue weighted by molar-refractivity contribution is 5.75. The van der Waals surface area contributed by atoms with Crippen LogP contribution in [0.2, 0.25) is 0 Å². The Kier molecular flexibility index (Phi) is 12.9. The molecular weight excluding hydrogens is 408 g/mol. The quantitative estimate of drug-likeness (QED) is 0.154. The average Bonchev–Trinajstić information content (AvgIpc) is 3.53. The van der Waals surface area contributed by atoms with E-state index in [4.69, 9.17) is 4.74 Å². The van der Waals surface area contributed by atoms with Gasteiger partial charge in [-0.15, -0.1) is 0 Å². The number of benzene rings is 1. The highest BCUT2D eigenvalue weighted by atomic mass is 16.5. The molecule has 2 unspecified atom stereocenters. The van der Waals surface area contributed by atoms with Gasteiger partial charge in [-0.3, -0.25) is 4.99 Å². The Bertz CT molecular complexity index is 700. The van der Waals surface area contributed by atoms with Gasteiger partial charge in [-0.25, -0.2) is 0 Å². The zero-order valence-electron chi connectivity index (χ0n) is 21.0. The van der Waals surface area contributed by atoms with Crippen molar-refractivity contribution in [1.29, 1.82) is 0 Å². The third-order valence-electron chi connectivity index (χ3n) is 6.82. The molecule has 33 heavy (non-hydrogen) atoms. The molecule has 0 aromatic heterocycles. The minimum Gasteiger partial charge on any atom is -0.494 e. The maximum absolute atomic E-state index is 10.9. The lowest BCUT2D eigenvalue weighted by Crippen LogP contribution is -2.27. The van der Waals surface area contributed by atoms with Crippen LogP contribution < -0.4 is 10.1 Å². The molecule has 1 aromatic carbocycles. The minimum absolute atomic E-state index is 0.126. The summed E-state index contributed by atoms with van der Waals surface area (Å²) in [6.45, 7) is 9.98. The first-order valence-electron chi connectivity index (χ1n) is 13.2. The third kappa shape index (κ3) is 10.1. The number of hydrogen-bond acceptors (Lipinski definition) is 4. The van der Waals surface area contributed by atoms with Crippen LogP contribution in [0.3, 0.4) is 0 Å². The zero-order valence-corrected chi connectivity index (χ0v) is 21.0. The van der Waals surface area contributed by atoms with Gasteiger partial charge in [0.2, 0.25) is 0 Å². The van der Waals surface area contributed by atoms with Gasteiger partial charge in [-0.1, -0.05) is 89.3 Å². The number of unbranched alkanes of at least 4 members (excludes halogenated alkanes) is 12. The van der Waals surface area contributed by atoms with Crippen molar-refractivity contribution in [3.8, 4) is 5.75 Å². The Labute approximate surface area is 202 Å². The molecule has 2 rings (SSSR count). The molecule has 1 saturated carbocycles. The summed E-state index contributed by atoms with van der Waals surface area (Å²) in [5, 5.41) is 3.35. The molecule has 0 heterocycles. The summed E-state index contributed by atoms with van der Waals surface area (Å²) >= 11 is 0. The van der Waals surface area contributed by atoms with Gasteiger partial charge < -0.3 is 14.8 Å². The summed E-state index contributed by atoms with van der Waals surface area (Å²) < 4.78 is 5.93. The summed E-state index contributed by atoms with van der Waals surface area (Å²) in [4.78, 5) is 15.1. The zero-order chi connectivity index (χ0) is 23.8. The number of nitrogens with zero attached hydrogens (tertiary/aromatic N) is 1. The van der Waals surface area contributed by atoms with Crippen molar-refractivity contribution < 1.29 is 9.53 Å². The van der Waals surface area contributed by atoms with E-state index in [0.29, 0.717) is 5.78 Å². The molecular formula is C29H46N2O2. The second-order valence-electron chi connectivity index (χ2n) is 9.64. The van der Waals surface area contributed by atoms with Crippen LogP contribution in [-0.4, -0.2) is 25.1 Å². The van der Waals surface area contributed by atoms with Crippen LogP contribution in [0.5, 0.6) is 5.75 Å². The Morgan fingerprint density at radius 2 is 1.48 bits per heavy atom. The predicted octanol–water partition coefficient (Wildman–Crippen LogP) is 7.52. The van der Waals surface area contributed by atoms with Crippen molar-refractivity contribution in [2.75, 3.05) is 6.61 Å². The highest BCUT2D eigenvalue weighted by Crippen LogP contribution is 2.48. The Morgan fingerprint density at radius 1 is 0.970 bits per heavy atom. The van der Waals surface area contributed by atoms with E-state index >= 15 is 0 Å². The van der Waals surface area contributed by atoms with Gasteiger partial charge in [0.1, 0.15) is 11.5 Å². The van der Waals surface area contributed by atoms with Crippen molar-refractivity contribution in [1.82, 2.24) is 5.32 Å². The van der Waals surface area contributed by atoms with Gasteiger partial charge >= 0.3 is 0 Å². The smallest absolute Gasteiger partial charge is 0.129 e. The third-order valence-corrected chi connectivity index (χ3v) is 6.82. The standard InChI is InChI=1S/C29H46N2O2/c1-4-31-29(24-28(29)30-3)26-19-21-27(22-20-26)33-23-17-15-13-11-9-7-5-6-8-10-12-14-16-18-25(2)32/h4,19-22,28,31H,1,3,5-18,23-24H2,2H3. The first-order chi connectivity index (χ1) is 16.1. The van der Waals surface area contributed by atoms with E-state index < -0.39 is 0 Å². The van der Waals surface area contributed by atoms with Gasteiger partial charge in [0.25, 0.3) is 0 Å². The van der Waals surface area contributed by atoms with E-state index in [-0.39, 0.29) is 11.6 Å². The molecule has 1 aliphatic carbocycles. The number of Topliss-reactive ketones (excluding diaryl/α,β-unsaturated/α-hetero) is 1. The SMILES string of the molecule is C=CNC1(c2ccc(OCCCCCCCCCCCCCCCC(C)=O)cc2)CC1N=C. The van der Waals surface area contributed by atoms with Crippen LogP contribution in [-0.2, 0) is 10.3 Å². The molecule has 0 saturated heterocycles. The molecule has 2 atom stereocenters. The average molecular weight is 455 g/mol. The first-order valence-corrected chi connectivity index (χ1v) is 13.2. The van der Waals surface area contributed by atoms with Gasteiger partial charge in [-0.05, 0) is 50.4 Å². The summed E-state index contributed by atoms with van der Waals surface area (Å²) in [5.41, 5.74) is 1.09. The second-order valence-corrected chi connectivity index (χ2v) is 9.64. The van der Waals surface area contributed by atoms with Gasteiger partial charge in [-0.2, -0.15) is 0 Å². The fourth-order valence-electron chi connectivity index (χ4n) is 4.66. The van der Waals surface area contributed by atoms with Crippen molar-refractivity contribution in [3.63, 3.8) is 0 Å². The van der Waals surface area contributed by atoms with Crippen molar-refractivity contribution in [3.05, 3.63) is 42.6 Å². The largest absolute Gasteiger partial charge is 0.494 e. The van der Waals surface area contributed by atoms with E-state index in [1.807, 2.05) is 0 Å². The lowest BCUT2D eigenvalue weighted by atomic mass is 10.0. The monoisotopic (exact) mass is 454 g/mol. The highest BCUT2D eigenvalue weighted by Gasteiger charge is 2.54. The van der Waals surface area contributed by atoms with Crippen LogP contribution in [0.15, 0.2) is 42.0 Å². The number of carbonyl (C=O) groups excluding carboxylic acids is 1. The lowest BCUT2D eigenvalue weighted by Gasteiger charge is -2.17. The molecule has 0 amide bonds. The number of carbonyl (C=O) groups is 1.